The van der Waals surface area contributed by atoms with E-state index in [1.54, 1.807) is 13.2 Å². The number of benzene rings is 3. The summed E-state index contributed by atoms with van der Waals surface area (Å²) in [4.78, 5) is 4.40. The largest absolute Gasteiger partial charge is 0.490 e. The number of halogens is 1. The van der Waals surface area contributed by atoms with E-state index < -0.39 is 0 Å². The zero-order chi connectivity index (χ0) is 28.0. The van der Waals surface area contributed by atoms with Crippen LogP contribution in [0.25, 0.3) is 0 Å². The molecule has 0 bridgehead atoms. The van der Waals surface area contributed by atoms with Gasteiger partial charge in [0.25, 0.3) is 0 Å². The summed E-state index contributed by atoms with van der Waals surface area (Å²) in [6, 6.07) is 21.8. The molecule has 0 aromatic heterocycles. The molecule has 3 aliphatic rings. The smallest absolute Gasteiger partial charge is 0.146 e. The summed E-state index contributed by atoms with van der Waals surface area (Å²) in [5.74, 6) is 1.93. The van der Waals surface area contributed by atoms with E-state index in [2.05, 4.69) is 52.7 Å². The van der Waals surface area contributed by atoms with Crippen molar-refractivity contribution in [2.24, 2.45) is 0 Å². The summed E-state index contributed by atoms with van der Waals surface area (Å²) in [6.45, 7) is 7.04. The Kier molecular flexibility index (Phi) is 8.89. The average Bonchev–Trinajstić information content (AvgIpc) is 2.99. The van der Waals surface area contributed by atoms with Crippen LogP contribution in [0.3, 0.4) is 0 Å². The molecule has 1 N–H and O–H groups in total. The van der Waals surface area contributed by atoms with Gasteiger partial charge < -0.3 is 34.1 Å². The minimum Gasteiger partial charge on any atom is -0.490 e. The van der Waals surface area contributed by atoms with Crippen molar-refractivity contribution in [1.29, 1.82) is 0 Å². The molecule has 0 aliphatic carbocycles. The molecule has 6 rings (SSSR count). The highest BCUT2D eigenvalue weighted by Crippen LogP contribution is 2.34. The molecule has 8 heteroatoms. The van der Waals surface area contributed by atoms with Crippen LogP contribution in [0.5, 0.6) is 11.5 Å². The van der Waals surface area contributed by atoms with Gasteiger partial charge in [-0.15, -0.1) is 0 Å². The Labute approximate surface area is 242 Å². The molecule has 218 valence electrons. The molecule has 0 spiro atoms. The van der Waals surface area contributed by atoms with Gasteiger partial charge in [-0.2, -0.15) is 0 Å². The van der Waals surface area contributed by atoms with Crippen LogP contribution >= 0.6 is 0 Å². The van der Waals surface area contributed by atoms with E-state index in [-0.39, 0.29) is 18.0 Å². The normalized spacial score (nSPS) is 20.7. The number of rotatable bonds is 11. The second-order valence-corrected chi connectivity index (χ2v) is 11.1. The molecular formula is C33H40FN3O4. The molecule has 2 fully saturated rings. The quantitative estimate of drug-likeness (QED) is 0.331. The van der Waals surface area contributed by atoms with Crippen molar-refractivity contribution in [2.75, 3.05) is 69.4 Å². The third-order valence-electron chi connectivity index (χ3n) is 8.30. The van der Waals surface area contributed by atoms with Crippen molar-refractivity contribution in [1.82, 2.24) is 5.32 Å². The van der Waals surface area contributed by atoms with E-state index in [1.165, 1.54) is 11.6 Å². The fourth-order valence-corrected chi connectivity index (χ4v) is 6.03. The number of hydrogen-bond acceptors (Lipinski definition) is 7. The number of methoxy groups -OCH3 is 1. The number of anilines is 2. The molecule has 3 aromatic carbocycles. The van der Waals surface area contributed by atoms with E-state index >= 15 is 0 Å². The fraction of sp³-hybridized carbons (Fsp3) is 0.455. The monoisotopic (exact) mass is 561 g/mol. The van der Waals surface area contributed by atoms with E-state index in [0.717, 1.165) is 68.4 Å². The van der Waals surface area contributed by atoms with Crippen molar-refractivity contribution >= 4 is 11.4 Å². The highest BCUT2D eigenvalue weighted by molar-refractivity contribution is 5.61. The van der Waals surface area contributed by atoms with Crippen LogP contribution in [0, 0.1) is 5.82 Å². The molecule has 2 saturated heterocycles. The van der Waals surface area contributed by atoms with E-state index in [4.69, 9.17) is 18.9 Å². The van der Waals surface area contributed by atoms with Crippen LogP contribution in [0.4, 0.5) is 15.8 Å². The zero-order valence-electron chi connectivity index (χ0n) is 23.8. The van der Waals surface area contributed by atoms with Crippen LogP contribution in [0.15, 0.2) is 66.7 Å². The van der Waals surface area contributed by atoms with Crippen LogP contribution in [-0.4, -0.2) is 71.8 Å². The number of fused-ring (bicyclic) bond motifs is 1. The highest BCUT2D eigenvalue weighted by atomic mass is 19.1. The van der Waals surface area contributed by atoms with Gasteiger partial charge in [-0.3, -0.25) is 0 Å². The lowest BCUT2D eigenvalue weighted by Crippen LogP contribution is -2.54. The molecular weight excluding hydrogens is 521 g/mol. The lowest BCUT2D eigenvalue weighted by molar-refractivity contribution is 0.0106. The van der Waals surface area contributed by atoms with E-state index in [1.807, 2.05) is 17.0 Å². The van der Waals surface area contributed by atoms with Gasteiger partial charge >= 0.3 is 0 Å². The summed E-state index contributed by atoms with van der Waals surface area (Å²) < 4.78 is 37.9. The van der Waals surface area contributed by atoms with Crippen molar-refractivity contribution < 1.29 is 23.3 Å². The van der Waals surface area contributed by atoms with Crippen molar-refractivity contribution in [2.45, 2.75) is 37.6 Å². The van der Waals surface area contributed by atoms with Gasteiger partial charge in [-0.1, -0.05) is 30.3 Å². The third-order valence-corrected chi connectivity index (χ3v) is 8.30. The van der Waals surface area contributed by atoms with Crippen molar-refractivity contribution in [3.63, 3.8) is 0 Å². The van der Waals surface area contributed by atoms with Gasteiger partial charge in [0.1, 0.15) is 30.0 Å². The summed E-state index contributed by atoms with van der Waals surface area (Å²) in [7, 11) is 1.75. The molecule has 0 radical (unpaired) electrons. The lowest BCUT2D eigenvalue weighted by atomic mass is 9.87. The second kappa shape index (κ2) is 13.1. The standard InChI is InChI=1S/C33H40FN3O4/c1-38-17-4-15-36-16-18-39-32-12-7-24(19-31(32)36)23-40-33-20-35-14-13-28(33)25-8-10-26(11-9-25)41-27-21-37(22-27)30-6-3-2-5-29(30)34/h2-3,5-12,19,27-28,33,35H,4,13-18,20-23H2,1H3. The third kappa shape index (κ3) is 6.61. The molecule has 3 aromatic rings. The second-order valence-electron chi connectivity index (χ2n) is 11.1. The molecule has 3 aliphatic heterocycles. The van der Waals surface area contributed by atoms with Gasteiger partial charge in [0.05, 0.1) is 43.7 Å². The van der Waals surface area contributed by atoms with Crippen LogP contribution < -0.4 is 24.6 Å². The van der Waals surface area contributed by atoms with Gasteiger partial charge in [0.15, 0.2) is 0 Å². The minimum absolute atomic E-state index is 0.0633. The van der Waals surface area contributed by atoms with Gasteiger partial charge in [0, 0.05) is 32.7 Å². The topological polar surface area (TPSA) is 55.4 Å². The Morgan fingerprint density at radius 2 is 1.88 bits per heavy atom. The molecule has 7 nitrogen and oxygen atoms in total. The Hall–Kier alpha value is -3.33. The summed E-state index contributed by atoms with van der Waals surface area (Å²) in [5.41, 5.74) is 4.21. The number of nitrogens with one attached hydrogen (secondary N) is 1. The first-order valence-electron chi connectivity index (χ1n) is 14.8. The molecule has 2 atom stereocenters. The number of para-hydroxylation sites is 1. The van der Waals surface area contributed by atoms with Crippen LogP contribution in [0.2, 0.25) is 0 Å². The van der Waals surface area contributed by atoms with Crippen molar-refractivity contribution in [3.8, 4) is 11.5 Å². The van der Waals surface area contributed by atoms with Crippen molar-refractivity contribution in [3.05, 3.63) is 83.7 Å². The average molecular weight is 562 g/mol. The molecule has 41 heavy (non-hydrogen) atoms. The Morgan fingerprint density at radius 3 is 2.71 bits per heavy atom. The number of piperidine rings is 1. The first-order valence-corrected chi connectivity index (χ1v) is 14.8. The van der Waals surface area contributed by atoms with Gasteiger partial charge in [-0.25, -0.2) is 4.39 Å². The summed E-state index contributed by atoms with van der Waals surface area (Å²) in [5, 5.41) is 3.51. The fourth-order valence-electron chi connectivity index (χ4n) is 6.03. The van der Waals surface area contributed by atoms with Gasteiger partial charge in [0.2, 0.25) is 0 Å². The predicted molar refractivity (Wildman–Crippen MR) is 159 cm³/mol. The lowest BCUT2D eigenvalue weighted by Gasteiger charge is -2.40. The first kappa shape index (κ1) is 27.8. The highest BCUT2D eigenvalue weighted by Gasteiger charge is 2.31. The van der Waals surface area contributed by atoms with E-state index in [9.17, 15) is 4.39 Å². The summed E-state index contributed by atoms with van der Waals surface area (Å²) in [6.07, 6.45) is 2.16. The van der Waals surface area contributed by atoms with Gasteiger partial charge in [-0.05, 0) is 66.9 Å². The zero-order valence-corrected chi connectivity index (χ0v) is 23.8. The maximum absolute atomic E-state index is 14.0. The molecule has 0 saturated carbocycles. The summed E-state index contributed by atoms with van der Waals surface area (Å²) >= 11 is 0. The Balaban J connectivity index is 1.04. The maximum atomic E-state index is 14.0. The van der Waals surface area contributed by atoms with E-state index in [0.29, 0.717) is 37.9 Å². The first-order chi connectivity index (χ1) is 20.2. The number of ether oxygens (including phenoxy) is 4. The number of nitrogens with zero attached hydrogens (tertiary/aromatic N) is 2. The van der Waals surface area contributed by atoms with Crippen LogP contribution in [-0.2, 0) is 16.1 Å². The SMILES string of the molecule is COCCCN1CCOc2ccc(COC3CNCCC3c3ccc(OC4CN(c5ccccc5F)C4)cc3)cc21. The minimum atomic E-state index is -0.186. The molecule has 0 amide bonds. The molecule has 3 heterocycles. The Morgan fingerprint density at radius 1 is 1.02 bits per heavy atom. The predicted octanol–water partition coefficient (Wildman–Crippen LogP) is 4.99. The maximum Gasteiger partial charge on any atom is 0.146 e. The van der Waals surface area contributed by atoms with Crippen LogP contribution in [0.1, 0.15) is 29.9 Å². The Bertz CT molecular complexity index is 1280. The molecule has 2 unspecified atom stereocenters. The number of hydrogen-bond donors (Lipinski definition) is 1.